The van der Waals surface area contributed by atoms with E-state index in [1.54, 1.807) is 0 Å². The van der Waals surface area contributed by atoms with Crippen LogP contribution in [0.1, 0.15) is 24.0 Å². The maximum absolute atomic E-state index is 12.1. The lowest BCUT2D eigenvalue weighted by molar-refractivity contribution is -0.126. The number of carbonyl (C=O) groups is 2. The van der Waals surface area contributed by atoms with Crippen molar-refractivity contribution >= 4 is 23.4 Å². The summed E-state index contributed by atoms with van der Waals surface area (Å²) in [6.45, 7) is 2.80. The second-order valence-corrected chi connectivity index (χ2v) is 7.62. The Morgan fingerprint density at radius 1 is 0.929 bits per heavy atom. The average molecular weight is 400 g/mol. The van der Waals surface area contributed by atoms with Gasteiger partial charge in [0.15, 0.2) is 0 Å². The Hall–Kier alpha value is -2.37. The van der Waals surface area contributed by atoms with Gasteiger partial charge in [-0.2, -0.15) is 0 Å². The summed E-state index contributed by atoms with van der Waals surface area (Å²) < 4.78 is 0. The maximum Gasteiger partial charge on any atom is 0.239 e. The van der Waals surface area contributed by atoms with Crippen LogP contribution in [0.3, 0.4) is 0 Å². The Balaban J connectivity index is 1.33. The number of nitrogens with zero attached hydrogens (tertiary/aromatic N) is 1. The van der Waals surface area contributed by atoms with E-state index in [-0.39, 0.29) is 30.8 Å². The summed E-state index contributed by atoms with van der Waals surface area (Å²) in [7, 11) is 0. The van der Waals surface area contributed by atoms with Crippen LogP contribution >= 0.6 is 11.6 Å². The van der Waals surface area contributed by atoms with Gasteiger partial charge in [0.05, 0.1) is 13.0 Å². The highest BCUT2D eigenvalue weighted by molar-refractivity contribution is 6.30. The predicted molar refractivity (Wildman–Crippen MR) is 111 cm³/mol. The number of carbonyl (C=O) groups excluding carboxylic acids is 2. The van der Waals surface area contributed by atoms with Crippen LogP contribution in [0.5, 0.6) is 0 Å². The van der Waals surface area contributed by atoms with E-state index in [1.807, 2.05) is 54.6 Å². The summed E-state index contributed by atoms with van der Waals surface area (Å²) in [6.07, 6.45) is 2.12. The standard InChI is InChI=1S/C22H26ClN3O2/c23-19-8-6-18(7-9-19)16-26-12-10-20(11-13-26)25-22(28)15-24-21(27)14-17-4-2-1-3-5-17/h1-9,20H,10-16H2,(H,24,27)(H,25,28). The molecule has 1 aliphatic heterocycles. The molecule has 0 atom stereocenters. The van der Waals surface area contributed by atoms with E-state index >= 15 is 0 Å². The van der Waals surface area contributed by atoms with Crippen molar-refractivity contribution in [3.05, 3.63) is 70.7 Å². The van der Waals surface area contributed by atoms with E-state index < -0.39 is 0 Å². The fourth-order valence-corrected chi connectivity index (χ4v) is 3.51. The first-order valence-corrected chi connectivity index (χ1v) is 10.0. The first-order chi connectivity index (χ1) is 13.6. The summed E-state index contributed by atoms with van der Waals surface area (Å²) in [5.74, 6) is -0.267. The molecule has 2 aromatic rings. The molecular weight excluding hydrogens is 374 g/mol. The molecule has 5 nitrogen and oxygen atoms in total. The van der Waals surface area contributed by atoms with Crippen LogP contribution < -0.4 is 10.6 Å². The highest BCUT2D eigenvalue weighted by Crippen LogP contribution is 2.15. The molecule has 0 bridgehead atoms. The largest absolute Gasteiger partial charge is 0.352 e. The Kier molecular flexibility index (Phi) is 7.46. The van der Waals surface area contributed by atoms with Crippen molar-refractivity contribution in [2.75, 3.05) is 19.6 Å². The number of hydrogen-bond acceptors (Lipinski definition) is 3. The average Bonchev–Trinajstić information content (AvgIpc) is 2.70. The van der Waals surface area contributed by atoms with Crippen molar-refractivity contribution in [1.29, 1.82) is 0 Å². The fraction of sp³-hybridized carbons (Fsp3) is 0.364. The van der Waals surface area contributed by atoms with Gasteiger partial charge in [0.1, 0.15) is 0 Å². The molecule has 6 heteroatoms. The van der Waals surface area contributed by atoms with Crippen LogP contribution in [-0.4, -0.2) is 42.4 Å². The smallest absolute Gasteiger partial charge is 0.239 e. The number of benzene rings is 2. The molecule has 0 aliphatic carbocycles. The zero-order valence-corrected chi connectivity index (χ0v) is 16.6. The number of amides is 2. The fourth-order valence-electron chi connectivity index (χ4n) is 3.38. The van der Waals surface area contributed by atoms with Crippen LogP contribution in [0.2, 0.25) is 5.02 Å². The molecule has 2 aromatic carbocycles. The molecule has 0 spiro atoms. The minimum atomic E-state index is -0.140. The molecule has 3 rings (SSSR count). The molecule has 2 N–H and O–H groups in total. The monoisotopic (exact) mass is 399 g/mol. The van der Waals surface area contributed by atoms with Crippen molar-refractivity contribution in [3.63, 3.8) is 0 Å². The number of likely N-dealkylation sites (tertiary alicyclic amines) is 1. The predicted octanol–water partition coefficient (Wildman–Crippen LogP) is 2.78. The quantitative estimate of drug-likeness (QED) is 0.752. The highest BCUT2D eigenvalue weighted by atomic mass is 35.5. The Bertz CT molecular complexity index is 772. The van der Waals surface area contributed by atoms with Gasteiger partial charge in [-0.05, 0) is 36.1 Å². The molecular formula is C22H26ClN3O2. The van der Waals surface area contributed by atoms with Crippen molar-refractivity contribution < 1.29 is 9.59 Å². The molecule has 0 unspecified atom stereocenters. The van der Waals surface area contributed by atoms with Crippen LogP contribution in [0.15, 0.2) is 54.6 Å². The molecule has 148 valence electrons. The molecule has 1 heterocycles. The van der Waals surface area contributed by atoms with Crippen molar-refractivity contribution in [1.82, 2.24) is 15.5 Å². The second kappa shape index (κ2) is 10.2. The molecule has 1 aliphatic rings. The zero-order chi connectivity index (χ0) is 19.8. The van der Waals surface area contributed by atoms with Gasteiger partial charge in [-0.3, -0.25) is 14.5 Å². The number of hydrogen-bond donors (Lipinski definition) is 2. The normalized spacial score (nSPS) is 15.2. The van der Waals surface area contributed by atoms with Gasteiger partial charge < -0.3 is 10.6 Å². The van der Waals surface area contributed by atoms with Crippen molar-refractivity contribution in [2.24, 2.45) is 0 Å². The van der Waals surface area contributed by atoms with Crippen LogP contribution in [0, 0.1) is 0 Å². The van der Waals surface area contributed by atoms with Gasteiger partial charge in [0.25, 0.3) is 0 Å². The minimum absolute atomic E-state index is 0.0245. The molecule has 1 fully saturated rings. The first-order valence-electron chi connectivity index (χ1n) is 9.65. The lowest BCUT2D eigenvalue weighted by Gasteiger charge is -2.32. The Morgan fingerprint density at radius 3 is 2.29 bits per heavy atom. The maximum atomic E-state index is 12.1. The summed E-state index contributed by atoms with van der Waals surface area (Å²) in [4.78, 5) is 26.4. The van der Waals surface area contributed by atoms with Gasteiger partial charge in [0.2, 0.25) is 11.8 Å². The lowest BCUT2D eigenvalue weighted by Crippen LogP contribution is -2.47. The van der Waals surface area contributed by atoms with Crippen LogP contribution in [0.4, 0.5) is 0 Å². The third-order valence-electron chi connectivity index (χ3n) is 4.93. The third kappa shape index (κ3) is 6.66. The van der Waals surface area contributed by atoms with Gasteiger partial charge in [-0.1, -0.05) is 54.1 Å². The van der Waals surface area contributed by atoms with Gasteiger partial charge >= 0.3 is 0 Å². The van der Waals surface area contributed by atoms with Crippen LogP contribution in [-0.2, 0) is 22.6 Å². The van der Waals surface area contributed by atoms with E-state index in [1.165, 1.54) is 5.56 Å². The highest BCUT2D eigenvalue weighted by Gasteiger charge is 2.20. The lowest BCUT2D eigenvalue weighted by atomic mass is 10.0. The van der Waals surface area contributed by atoms with E-state index in [4.69, 9.17) is 11.6 Å². The molecule has 0 saturated carbocycles. The van der Waals surface area contributed by atoms with E-state index in [2.05, 4.69) is 15.5 Å². The molecule has 0 aromatic heterocycles. The van der Waals surface area contributed by atoms with Crippen molar-refractivity contribution in [2.45, 2.75) is 31.8 Å². The van der Waals surface area contributed by atoms with Crippen molar-refractivity contribution in [3.8, 4) is 0 Å². The number of rotatable bonds is 7. The summed E-state index contributed by atoms with van der Waals surface area (Å²) in [6, 6.07) is 17.6. The number of nitrogens with one attached hydrogen (secondary N) is 2. The van der Waals surface area contributed by atoms with Crippen LogP contribution in [0.25, 0.3) is 0 Å². The van der Waals surface area contributed by atoms with Gasteiger partial charge in [-0.25, -0.2) is 0 Å². The van der Waals surface area contributed by atoms with E-state index in [0.717, 1.165) is 43.1 Å². The van der Waals surface area contributed by atoms with E-state index in [9.17, 15) is 9.59 Å². The van der Waals surface area contributed by atoms with Gasteiger partial charge in [0, 0.05) is 30.7 Å². The topological polar surface area (TPSA) is 61.4 Å². The van der Waals surface area contributed by atoms with E-state index in [0.29, 0.717) is 0 Å². The molecule has 28 heavy (non-hydrogen) atoms. The SMILES string of the molecule is O=C(Cc1ccccc1)NCC(=O)NC1CCN(Cc2ccc(Cl)cc2)CC1. The molecule has 2 amide bonds. The molecule has 1 saturated heterocycles. The summed E-state index contributed by atoms with van der Waals surface area (Å²) >= 11 is 5.93. The number of piperidine rings is 1. The third-order valence-corrected chi connectivity index (χ3v) is 5.18. The Morgan fingerprint density at radius 2 is 1.61 bits per heavy atom. The minimum Gasteiger partial charge on any atom is -0.352 e. The summed E-state index contributed by atoms with van der Waals surface area (Å²) in [5, 5.41) is 6.48. The number of halogens is 1. The Labute approximate surface area is 171 Å². The first kappa shape index (κ1) is 20.4. The summed E-state index contributed by atoms with van der Waals surface area (Å²) in [5.41, 5.74) is 2.18. The van der Waals surface area contributed by atoms with Gasteiger partial charge in [-0.15, -0.1) is 0 Å². The molecule has 0 radical (unpaired) electrons. The zero-order valence-electron chi connectivity index (χ0n) is 15.9. The second-order valence-electron chi connectivity index (χ2n) is 7.18.